The first-order valence-corrected chi connectivity index (χ1v) is 10.2. The molecule has 6 nitrogen and oxygen atoms in total. The third-order valence-electron chi connectivity index (χ3n) is 5.26. The van der Waals surface area contributed by atoms with E-state index in [9.17, 15) is 0 Å². The molecule has 1 saturated heterocycles. The van der Waals surface area contributed by atoms with E-state index in [1.165, 1.54) is 12.8 Å². The Morgan fingerprint density at radius 2 is 2.00 bits per heavy atom. The van der Waals surface area contributed by atoms with E-state index in [-0.39, 0.29) is 0 Å². The van der Waals surface area contributed by atoms with E-state index in [1.807, 2.05) is 42.5 Å². The Kier molecular flexibility index (Phi) is 6.42. The molecule has 3 heterocycles. The minimum absolute atomic E-state index is 0.480. The zero-order chi connectivity index (χ0) is 19.9. The molecule has 2 aromatic heterocycles. The average Bonchev–Trinajstić information content (AvgIpc) is 3.40. The first kappa shape index (κ1) is 19.5. The van der Waals surface area contributed by atoms with Crippen molar-refractivity contribution >= 4 is 0 Å². The molecule has 3 aromatic rings. The third kappa shape index (κ3) is 5.35. The number of hydrogen-bond donors (Lipinski definition) is 0. The fourth-order valence-electron chi connectivity index (χ4n) is 3.54. The van der Waals surface area contributed by atoms with Gasteiger partial charge in [0.2, 0.25) is 0 Å². The number of ether oxygens (including phenoxy) is 2. The van der Waals surface area contributed by atoms with Crippen molar-refractivity contribution in [2.45, 2.75) is 31.7 Å². The highest BCUT2D eigenvalue weighted by molar-refractivity contribution is 5.58. The zero-order valence-electron chi connectivity index (χ0n) is 16.8. The van der Waals surface area contributed by atoms with Crippen LogP contribution in [0.1, 0.15) is 25.0 Å². The van der Waals surface area contributed by atoms with E-state index in [1.54, 1.807) is 12.4 Å². The van der Waals surface area contributed by atoms with Gasteiger partial charge < -0.3 is 18.9 Å². The van der Waals surface area contributed by atoms with Gasteiger partial charge >= 0.3 is 0 Å². The Morgan fingerprint density at radius 1 is 1.10 bits per heavy atom. The predicted octanol–water partition coefficient (Wildman–Crippen LogP) is 4.22. The second-order valence-corrected chi connectivity index (χ2v) is 7.44. The molecule has 0 radical (unpaired) electrons. The molecule has 1 atom stereocenters. The quantitative estimate of drug-likeness (QED) is 0.507. The first-order chi connectivity index (χ1) is 14.3. The SMILES string of the molecule is CN1CCC[C@H]1COc1cncc(-c2cc(CCCOc3ccccc3)no2)c1. The highest BCUT2D eigenvalue weighted by Crippen LogP contribution is 2.25. The highest BCUT2D eigenvalue weighted by atomic mass is 16.5. The number of aromatic nitrogens is 2. The monoisotopic (exact) mass is 393 g/mol. The summed E-state index contributed by atoms with van der Waals surface area (Å²) in [4.78, 5) is 6.65. The molecule has 0 saturated carbocycles. The summed E-state index contributed by atoms with van der Waals surface area (Å²) in [7, 11) is 2.15. The number of aryl methyl sites for hydroxylation is 1. The van der Waals surface area contributed by atoms with Gasteiger partial charge in [-0.25, -0.2) is 0 Å². The lowest BCUT2D eigenvalue weighted by Gasteiger charge is -2.19. The van der Waals surface area contributed by atoms with Gasteiger partial charge in [0.25, 0.3) is 0 Å². The maximum Gasteiger partial charge on any atom is 0.168 e. The van der Waals surface area contributed by atoms with Crippen molar-refractivity contribution < 1.29 is 14.0 Å². The summed E-state index contributed by atoms with van der Waals surface area (Å²) in [5, 5.41) is 4.18. The van der Waals surface area contributed by atoms with Crippen molar-refractivity contribution in [2.24, 2.45) is 0 Å². The van der Waals surface area contributed by atoms with E-state index in [0.717, 1.165) is 42.1 Å². The molecule has 6 heteroatoms. The van der Waals surface area contributed by atoms with Gasteiger partial charge in [-0.15, -0.1) is 0 Å². The summed E-state index contributed by atoms with van der Waals surface area (Å²) in [6.07, 6.45) is 7.61. The van der Waals surface area contributed by atoms with Gasteiger partial charge in [-0.2, -0.15) is 0 Å². The Balaban J connectivity index is 1.28. The van der Waals surface area contributed by atoms with E-state index in [2.05, 4.69) is 22.1 Å². The molecule has 1 aliphatic rings. The average molecular weight is 393 g/mol. The van der Waals surface area contributed by atoms with Crippen LogP contribution < -0.4 is 9.47 Å². The fraction of sp³-hybridized carbons (Fsp3) is 0.391. The maximum absolute atomic E-state index is 5.97. The van der Waals surface area contributed by atoms with Crippen LogP contribution in [0, 0.1) is 0 Å². The molecule has 1 fully saturated rings. The number of pyridine rings is 1. The molecule has 152 valence electrons. The fourth-order valence-corrected chi connectivity index (χ4v) is 3.54. The molecule has 29 heavy (non-hydrogen) atoms. The molecular weight excluding hydrogens is 366 g/mol. The Hall–Kier alpha value is -2.86. The summed E-state index contributed by atoms with van der Waals surface area (Å²) in [6, 6.07) is 14.2. The van der Waals surface area contributed by atoms with Crippen molar-refractivity contribution in [1.82, 2.24) is 15.0 Å². The van der Waals surface area contributed by atoms with Crippen molar-refractivity contribution in [3.05, 3.63) is 60.6 Å². The second kappa shape index (κ2) is 9.56. The number of benzene rings is 1. The predicted molar refractivity (Wildman–Crippen MR) is 111 cm³/mol. The smallest absolute Gasteiger partial charge is 0.168 e. The van der Waals surface area contributed by atoms with Crippen LogP contribution in [0.3, 0.4) is 0 Å². The molecule has 0 spiro atoms. The molecule has 4 rings (SSSR count). The number of likely N-dealkylation sites (N-methyl/N-ethyl adjacent to an activating group) is 1. The Bertz CT molecular complexity index is 897. The number of rotatable bonds is 9. The van der Waals surface area contributed by atoms with Crippen LogP contribution in [0.5, 0.6) is 11.5 Å². The lowest BCUT2D eigenvalue weighted by molar-refractivity contribution is 0.198. The molecule has 0 bridgehead atoms. The van der Waals surface area contributed by atoms with Gasteiger partial charge in [0, 0.05) is 23.9 Å². The van der Waals surface area contributed by atoms with Crippen molar-refractivity contribution in [3.63, 3.8) is 0 Å². The minimum Gasteiger partial charge on any atom is -0.494 e. The van der Waals surface area contributed by atoms with Gasteiger partial charge in [0.15, 0.2) is 5.76 Å². The molecule has 0 N–H and O–H groups in total. The van der Waals surface area contributed by atoms with Gasteiger partial charge in [0.1, 0.15) is 18.1 Å². The molecule has 0 aliphatic carbocycles. The van der Waals surface area contributed by atoms with Crippen molar-refractivity contribution in [1.29, 1.82) is 0 Å². The number of para-hydroxylation sites is 1. The van der Waals surface area contributed by atoms with E-state index >= 15 is 0 Å². The van der Waals surface area contributed by atoms with Crippen LogP contribution in [0.2, 0.25) is 0 Å². The number of hydrogen-bond acceptors (Lipinski definition) is 6. The normalized spacial score (nSPS) is 16.8. The van der Waals surface area contributed by atoms with Crippen LogP contribution in [0.15, 0.2) is 59.4 Å². The van der Waals surface area contributed by atoms with Crippen LogP contribution in [0.25, 0.3) is 11.3 Å². The molecule has 0 amide bonds. The number of nitrogens with zero attached hydrogens (tertiary/aromatic N) is 3. The van der Waals surface area contributed by atoms with E-state index in [0.29, 0.717) is 25.0 Å². The van der Waals surface area contributed by atoms with Gasteiger partial charge in [0.05, 0.1) is 18.5 Å². The van der Waals surface area contributed by atoms with Crippen LogP contribution in [-0.2, 0) is 6.42 Å². The molecule has 1 aliphatic heterocycles. The minimum atomic E-state index is 0.480. The molecular formula is C23H27N3O3. The van der Waals surface area contributed by atoms with Gasteiger partial charge in [-0.1, -0.05) is 23.4 Å². The topological polar surface area (TPSA) is 60.6 Å². The Morgan fingerprint density at radius 3 is 2.83 bits per heavy atom. The van der Waals surface area contributed by atoms with Crippen LogP contribution in [0.4, 0.5) is 0 Å². The maximum atomic E-state index is 5.97. The lowest BCUT2D eigenvalue weighted by atomic mass is 10.2. The third-order valence-corrected chi connectivity index (χ3v) is 5.26. The summed E-state index contributed by atoms with van der Waals surface area (Å²) in [5.74, 6) is 2.36. The largest absolute Gasteiger partial charge is 0.494 e. The Labute approximate surface area is 171 Å². The number of likely N-dealkylation sites (tertiary alicyclic amines) is 1. The van der Waals surface area contributed by atoms with E-state index in [4.69, 9.17) is 14.0 Å². The highest BCUT2D eigenvalue weighted by Gasteiger charge is 2.21. The van der Waals surface area contributed by atoms with Crippen LogP contribution >= 0.6 is 0 Å². The van der Waals surface area contributed by atoms with Gasteiger partial charge in [-0.3, -0.25) is 4.98 Å². The van der Waals surface area contributed by atoms with E-state index < -0.39 is 0 Å². The molecule has 1 aromatic carbocycles. The summed E-state index contributed by atoms with van der Waals surface area (Å²) in [5.41, 5.74) is 1.79. The summed E-state index contributed by atoms with van der Waals surface area (Å²) >= 11 is 0. The van der Waals surface area contributed by atoms with Crippen LogP contribution in [-0.4, -0.2) is 47.9 Å². The standard InChI is InChI=1S/C23H27N3O3/c1-26-11-5-8-20(26)17-28-22-13-18(15-24-16-22)23-14-19(25-29-23)7-6-12-27-21-9-3-2-4-10-21/h2-4,9-10,13-16,20H,5-8,11-12,17H2,1H3/t20-/m0/s1. The lowest BCUT2D eigenvalue weighted by Crippen LogP contribution is -2.30. The summed E-state index contributed by atoms with van der Waals surface area (Å²) in [6.45, 7) is 2.47. The summed E-state index contributed by atoms with van der Waals surface area (Å²) < 4.78 is 17.2. The van der Waals surface area contributed by atoms with Crippen molar-refractivity contribution in [3.8, 4) is 22.8 Å². The first-order valence-electron chi connectivity index (χ1n) is 10.2. The van der Waals surface area contributed by atoms with Gasteiger partial charge in [-0.05, 0) is 57.5 Å². The zero-order valence-corrected chi connectivity index (χ0v) is 16.8. The molecule has 0 unspecified atom stereocenters. The second-order valence-electron chi connectivity index (χ2n) is 7.44. The van der Waals surface area contributed by atoms with Crippen molar-refractivity contribution in [2.75, 3.05) is 26.8 Å².